The second-order valence-corrected chi connectivity index (χ2v) is 3.94. The quantitative estimate of drug-likeness (QED) is 0.715. The summed E-state index contributed by atoms with van der Waals surface area (Å²) in [5.41, 5.74) is 1.96. The van der Waals surface area contributed by atoms with E-state index in [0.717, 1.165) is 24.0 Å². The Morgan fingerprint density at radius 3 is 2.33 bits per heavy atom. The molecule has 0 saturated heterocycles. The van der Waals surface area contributed by atoms with Crippen LogP contribution in [0, 0.1) is 5.41 Å². The Morgan fingerprint density at radius 2 is 1.83 bits per heavy atom. The van der Waals surface area contributed by atoms with Gasteiger partial charge in [-0.05, 0) is 18.6 Å². The molecular formula is C12H15BrN3O2-. The van der Waals surface area contributed by atoms with Gasteiger partial charge in [0, 0.05) is 6.54 Å². The molecule has 0 unspecified atom stereocenters. The molecule has 2 aromatic rings. The predicted octanol–water partition coefficient (Wildman–Crippen LogP) is -1.58. The maximum atomic E-state index is 10.8. The number of carboxylic acid groups (broad SMARTS) is 1. The summed E-state index contributed by atoms with van der Waals surface area (Å²) >= 11 is 0. The van der Waals surface area contributed by atoms with Crippen LogP contribution in [-0.2, 0) is 17.9 Å². The molecule has 2 rings (SSSR count). The Kier molecular flexibility index (Phi) is 4.72. The second-order valence-electron chi connectivity index (χ2n) is 3.94. The van der Waals surface area contributed by atoms with E-state index in [-0.39, 0.29) is 29.1 Å². The highest BCUT2D eigenvalue weighted by Gasteiger charge is 2.11. The minimum Gasteiger partial charge on any atom is -1.00 e. The van der Waals surface area contributed by atoms with Crippen LogP contribution in [0.3, 0.4) is 0 Å². The molecule has 0 aliphatic rings. The first-order valence-corrected chi connectivity index (χ1v) is 5.59. The van der Waals surface area contributed by atoms with Crippen molar-refractivity contribution in [3.8, 4) is 0 Å². The van der Waals surface area contributed by atoms with Gasteiger partial charge in [-0.1, -0.05) is 19.1 Å². The average Bonchev–Trinajstić information content (AvgIpc) is 2.55. The lowest BCUT2D eigenvalue weighted by Crippen LogP contribution is -3.00. The molecule has 1 aromatic carbocycles. The number of aryl methyl sites for hydroxylation is 1. The van der Waals surface area contributed by atoms with Gasteiger partial charge in [-0.15, -0.1) is 0 Å². The van der Waals surface area contributed by atoms with Crippen molar-refractivity contribution in [2.45, 2.75) is 26.4 Å². The van der Waals surface area contributed by atoms with Crippen LogP contribution in [0.2, 0.25) is 0 Å². The lowest BCUT2D eigenvalue weighted by atomic mass is 10.3. The minimum absolute atomic E-state index is 0. The summed E-state index contributed by atoms with van der Waals surface area (Å²) in [6.07, 6.45) is 0.914. The van der Waals surface area contributed by atoms with Gasteiger partial charge in [-0.2, -0.15) is 0 Å². The highest BCUT2D eigenvalue weighted by molar-refractivity contribution is 5.78. The van der Waals surface area contributed by atoms with Gasteiger partial charge in [-0.25, -0.2) is 0 Å². The van der Waals surface area contributed by atoms with Crippen molar-refractivity contribution < 1.29 is 26.9 Å². The molecule has 0 aliphatic carbocycles. The van der Waals surface area contributed by atoms with E-state index in [2.05, 4.69) is 0 Å². The molecule has 18 heavy (non-hydrogen) atoms. The molecule has 0 aliphatic heterocycles. The van der Waals surface area contributed by atoms with Crippen LogP contribution in [0.25, 0.3) is 11.0 Å². The normalized spacial score (nSPS) is 10.3. The summed E-state index contributed by atoms with van der Waals surface area (Å²) in [4.78, 5) is 10.8. The first-order valence-electron chi connectivity index (χ1n) is 5.59. The fraction of sp³-hybridized carbons (Fsp3) is 0.333. The molecule has 98 valence electrons. The Morgan fingerprint density at radius 1 is 1.28 bits per heavy atom. The van der Waals surface area contributed by atoms with Crippen molar-refractivity contribution in [2.75, 3.05) is 0 Å². The van der Waals surface area contributed by atoms with E-state index in [0.29, 0.717) is 0 Å². The summed E-state index contributed by atoms with van der Waals surface area (Å²) in [6.45, 7) is 2.60. The number of carbonyl (C=O) groups is 1. The van der Waals surface area contributed by atoms with E-state index >= 15 is 0 Å². The molecule has 6 heteroatoms. The summed E-state index contributed by atoms with van der Waals surface area (Å²) < 4.78 is 3.37. The van der Waals surface area contributed by atoms with Crippen LogP contribution in [0.15, 0.2) is 24.3 Å². The molecule has 1 heterocycles. The maximum Gasteiger partial charge on any atom is 0.323 e. The van der Waals surface area contributed by atoms with Crippen molar-refractivity contribution in [2.24, 2.45) is 0 Å². The van der Waals surface area contributed by atoms with Crippen molar-refractivity contribution in [3.63, 3.8) is 0 Å². The molecule has 0 bridgehead atoms. The van der Waals surface area contributed by atoms with Crippen LogP contribution >= 0.6 is 0 Å². The zero-order chi connectivity index (χ0) is 12.4. The third-order valence-electron chi connectivity index (χ3n) is 2.72. The highest BCUT2D eigenvalue weighted by Crippen LogP contribution is 2.12. The lowest BCUT2D eigenvalue weighted by Gasteiger charge is -2.00. The topological polar surface area (TPSA) is 71.0 Å². The predicted molar refractivity (Wildman–Crippen MR) is 63.7 cm³/mol. The molecule has 0 amide bonds. The van der Waals surface area contributed by atoms with Crippen molar-refractivity contribution in [3.05, 3.63) is 29.9 Å². The lowest BCUT2D eigenvalue weighted by molar-refractivity contribution is -0.137. The number of rotatable bonds is 4. The van der Waals surface area contributed by atoms with Crippen LogP contribution in [0.5, 0.6) is 0 Å². The minimum atomic E-state index is -0.928. The number of carboxylic acids is 1. The van der Waals surface area contributed by atoms with Gasteiger partial charge < -0.3 is 26.7 Å². The van der Waals surface area contributed by atoms with Crippen molar-refractivity contribution in [1.82, 2.24) is 9.13 Å². The fourth-order valence-electron chi connectivity index (χ4n) is 2.04. The molecule has 0 radical (unpaired) electrons. The summed E-state index contributed by atoms with van der Waals surface area (Å²) in [5, 5.41) is 16.9. The van der Waals surface area contributed by atoms with E-state index in [1.54, 1.807) is 0 Å². The zero-order valence-electron chi connectivity index (χ0n) is 10.1. The fourth-order valence-corrected chi connectivity index (χ4v) is 2.04. The average molecular weight is 313 g/mol. The molecule has 2 N–H and O–H groups in total. The number of para-hydroxylation sites is 2. The van der Waals surface area contributed by atoms with Gasteiger partial charge in [0.25, 0.3) is 0 Å². The molecule has 5 nitrogen and oxygen atoms in total. The molecule has 0 saturated carbocycles. The van der Waals surface area contributed by atoms with Crippen LogP contribution < -0.4 is 22.6 Å². The zero-order valence-corrected chi connectivity index (χ0v) is 11.6. The third kappa shape index (κ3) is 2.48. The van der Waals surface area contributed by atoms with Gasteiger partial charge in [0.1, 0.15) is 6.54 Å². The van der Waals surface area contributed by atoms with Crippen molar-refractivity contribution in [1.29, 1.82) is 5.41 Å². The largest absolute Gasteiger partial charge is 1.00 e. The number of benzene rings is 1. The van der Waals surface area contributed by atoms with Gasteiger partial charge in [0.05, 0.1) is 11.0 Å². The summed E-state index contributed by atoms with van der Waals surface area (Å²) in [7, 11) is 0. The van der Waals surface area contributed by atoms with Crippen LogP contribution in [0.4, 0.5) is 0 Å². The Hall–Kier alpha value is -1.56. The number of halogens is 1. The summed E-state index contributed by atoms with van der Waals surface area (Å²) in [5.74, 6) is -0.928. The smallest absolute Gasteiger partial charge is 0.323 e. The molecule has 1 aromatic heterocycles. The Labute approximate surface area is 115 Å². The SMILES string of the molecule is CCCn1c(=N)n(CC(=O)O)c2ccccc21.[Br-]. The number of aliphatic carboxylic acids is 1. The molecule has 0 fully saturated rings. The van der Waals surface area contributed by atoms with E-state index in [4.69, 9.17) is 10.5 Å². The van der Waals surface area contributed by atoms with E-state index < -0.39 is 5.97 Å². The monoisotopic (exact) mass is 312 g/mol. The number of hydrogen-bond acceptors (Lipinski definition) is 2. The number of imidazole rings is 1. The first kappa shape index (κ1) is 14.5. The number of nitrogens with one attached hydrogen (secondary N) is 1. The van der Waals surface area contributed by atoms with Crippen LogP contribution in [-0.4, -0.2) is 20.2 Å². The molecule has 0 spiro atoms. The number of fused-ring (bicyclic) bond motifs is 1. The summed E-state index contributed by atoms with van der Waals surface area (Å²) in [6, 6.07) is 7.53. The Balaban J connectivity index is 0.00000162. The first-order chi connectivity index (χ1) is 8.15. The third-order valence-corrected chi connectivity index (χ3v) is 2.72. The van der Waals surface area contributed by atoms with Crippen LogP contribution in [0.1, 0.15) is 13.3 Å². The number of hydrogen-bond donors (Lipinski definition) is 2. The standard InChI is InChI=1S/C12H15N3O2.BrH/c1-2-7-14-9-5-3-4-6-10(9)15(12(14)13)8-11(16)17;/h3-6,13H,2,7-8H2,1H3,(H,16,17);1H/p-1. The number of nitrogens with zero attached hydrogens (tertiary/aromatic N) is 2. The van der Waals surface area contributed by atoms with E-state index in [9.17, 15) is 4.79 Å². The molecule has 0 atom stereocenters. The van der Waals surface area contributed by atoms with Gasteiger partial charge in [0.2, 0.25) is 5.62 Å². The van der Waals surface area contributed by atoms with E-state index in [1.807, 2.05) is 35.8 Å². The second kappa shape index (κ2) is 5.86. The maximum absolute atomic E-state index is 10.8. The van der Waals surface area contributed by atoms with Gasteiger partial charge in [0.15, 0.2) is 0 Å². The Bertz CT molecular complexity index is 615. The van der Waals surface area contributed by atoms with Gasteiger partial charge in [-0.3, -0.25) is 14.8 Å². The van der Waals surface area contributed by atoms with Gasteiger partial charge >= 0.3 is 5.97 Å². The number of aromatic nitrogens is 2. The van der Waals surface area contributed by atoms with E-state index in [1.165, 1.54) is 4.57 Å². The van der Waals surface area contributed by atoms with Crippen molar-refractivity contribution >= 4 is 17.0 Å². The highest BCUT2D eigenvalue weighted by atomic mass is 79.9. The molecular weight excluding hydrogens is 298 g/mol.